The summed E-state index contributed by atoms with van der Waals surface area (Å²) in [5.74, 6) is 0.227. The van der Waals surface area contributed by atoms with Crippen molar-refractivity contribution in [2.24, 2.45) is 0 Å². The van der Waals surface area contributed by atoms with Crippen molar-refractivity contribution < 1.29 is 23.5 Å². The summed E-state index contributed by atoms with van der Waals surface area (Å²) in [4.78, 5) is 29.3. The van der Waals surface area contributed by atoms with Crippen LogP contribution in [0.4, 0.5) is 4.39 Å². The van der Waals surface area contributed by atoms with E-state index in [4.69, 9.17) is 9.47 Å². The molecule has 1 fully saturated rings. The highest BCUT2D eigenvalue weighted by Gasteiger charge is 2.33. The minimum absolute atomic E-state index is 0.0233. The number of ether oxygens (including phenoxy) is 2. The molecule has 0 bridgehead atoms. The minimum atomic E-state index is -0.592. The van der Waals surface area contributed by atoms with Gasteiger partial charge in [-0.3, -0.25) is 9.59 Å². The molecule has 2 aliphatic heterocycles. The highest BCUT2D eigenvalue weighted by atomic mass is 19.1. The molecule has 4 rings (SSSR count). The van der Waals surface area contributed by atoms with E-state index in [0.29, 0.717) is 51.4 Å². The van der Waals surface area contributed by atoms with Gasteiger partial charge in [0.05, 0.1) is 19.3 Å². The van der Waals surface area contributed by atoms with Crippen molar-refractivity contribution in [2.45, 2.75) is 45.3 Å². The Balaban J connectivity index is 1.65. The fraction of sp³-hybridized carbons (Fsp3) is 0.462. The lowest BCUT2D eigenvalue weighted by Crippen LogP contribution is -2.47. The topological polar surface area (TPSA) is 59.1 Å². The van der Waals surface area contributed by atoms with E-state index in [1.54, 1.807) is 11.0 Å². The number of hydrogen-bond donors (Lipinski definition) is 0. The highest BCUT2D eigenvalue weighted by Crippen LogP contribution is 2.38. The van der Waals surface area contributed by atoms with Crippen LogP contribution in [-0.4, -0.2) is 60.6 Å². The molecule has 2 heterocycles. The zero-order valence-electron chi connectivity index (χ0n) is 19.3. The van der Waals surface area contributed by atoms with Crippen LogP contribution in [0.15, 0.2) is 42.5 Å². The molecule has 0 radical (unpaired) electrons. The quantitative estimate of drug-likeness (QED) is 0.668. The Morgan fingerprint density at radius 3 is 2.61 bits per heavy atom. The van der Waals surface area contributed by atoms with Gasteiger partial charge in [-0.1, -0.05) is 32.0 Å². The molecule has 2 amide bonds. The van der Waals surface area contributed by atoms with Gasteiger partial charge in [0, 0.05) is 26.1 Å². The zero-order valence-corrected chi connectivity index (χ0v) is 19.3. The summed E-state index contributed by atoms with van der Waals surface area (Å²) in [5.41, 5.74) is 2.75. The highest BCUT2D eigenvalue weighted by molar-refractivity contribution is 5.81. The van der Waals surface area contributed by atoms with Gasteiger partial charge in [0.25, 0.3) is 5.91 Å². The van der Waals surface area contributed by atoms with Crippen molar-refractivity contribution in [3.05, 3.63) is 65.0 Å². The number of hydrogen-bond acceptors (Lipinski definition) is 4. The number of carbonyl (C=O) groups is 2. The SMILES string of the molecule is CCC(=O)N1CCc2ccc(O[C@H](CC)C(=O)N3CCOCC3)cc2[C@@H]1c1cccc(F)c1. The van der Waals surface area contributed by atoms with E-state index in [1.807, 2.05) is 43.0 Å². The van der Waals surface area contributed by atoms with Crippen molar-refractivity contribution in [1.82, 2.24) is 9.80 Å². The Kier molecular flexibility index (Phi) is 7.28. The van der Waals surface area contributed by atoms with Gasteiger partial charge >= 0.3 is 0 Å². The monoisotopic (exact) mass is 454 g/mol. The lowest BCUT2D eigenvalue weighted by atomic mass is 9.87. The first kappa shape index (κ1) is 23.2. The van der Waals surface area contributed by atoms with E-state index in [0.717, 1.165) is 23.1 Å². The number of fused-ring (bicyclic) bond motifs is 1. The maximum Gasteiger partial charge on any atom is 0.263 e. The van der Waals surface area contributed by atoms with Crippen molar-refractivity contribution in [3.8, 4) is 5.75 Å². The fourth-order valence-corrected chi connectivity index (χ4v) is 4.63. The van der Waals surface area contributed by atoms with Crippen molar-refractivity contribution >= 4 is 11.8 Å². The molecular weight excluding hydrogens is 423 g/mol. The van der Waals surface area contributed by atoms with Crippen molar-refractivity contribution in [2.75, 3.05) is 32.8 Å². The summed E-state index contributed by atoms with van der Waals surface area (Å²) in [7, 11) is 0. The van der Waals surface area contributed by atoms with Gasteiger partial charge < -0.3 is 19.3 Å². The average Bonchev–Trinajstić information content (AvgIpc) is 2.86. The third-order valence-corrected chi connectivity index (χ3v) is 6.38. The van der Waals surface area contributed by atoms with Crippen LogP contribution in [0.5, 0.6) is 5.75 Å². The van der Waals surface area contributed by atoms with Crippen molar-refractivity contribution in [3.63, 3.8) is 0 Å². The molecule has 0 saturated carbocycles. The lowest BCUT2D eigenvalue weighted by Gasteiger charge is -2.38. The Bertz CT molecular complexity index is 1010. The van der Waals surface area contributed by atoms with Crippen molar-refractivity contribution in [1.29, 1.82) is 0 Å². The molecule has 1 saturated heterocycles. The summed E-state index contributed by atoms with van der Waals surface area (Å²) in [6, 6.07) is 11.8. The van der Waals surface area contributed by atoms with Gasteiger partial charge in [-0.2, -0.15) is 0 Å². The molecule has 0 unspecified atom stereocenters. The number of benzene rings is 2. The van der Waals surface area contributed by atoms with Gasteiger partial charge in [0.2, 0.25) is 5.91 Å². The predicted octanol–water partition coefficient (Wildman–Crippen LogP) is 3.73. The molecule has 176 valence electrons. The summed E-state index contributed by atoms with van der Waals surface area (Å²) in [6.07, 6.45) is 1.05. The van der Waals surface area contributed by atoms with Crippen LogP contribution in [0.2, 0.25) is 0 Å². The molecule has 0 N–H and O–H groups in total. The standard InChI is InChI=1S/C26H31FN2O4/c1-3-23(26(31)28-12-14-32-15-13-28)33-21-9-8-18-10-11-29(24(30)4-2)25(22(18)17-21)19-6-5-7-20(27)16-19/h5-9,16-17,23,25H,3-4,10-15H2,1-2H3/t23-,25+/m1/s1. The van der Waals surface area contributed by atoms with E-state index in [9.17, 15) is 14.0 Å². The first-order chi connectivity index (χ1) is 16.0. The van der Waals surface area contributed by atoms with Gasteiger partial charge in [-0.25, -0.2) is 4.39 Å². The maximum absolute atomic E-state index is 14.1. The third kappa shape index (κ3) is 5.03. The number of nitrogens with zero attached hydrogens (tertiary/aromatic N) is 2. The largest absolute Gasteiger partial charge is 0.481 e. The lowest BCUT2D eigenvalue weighted by molar-refractivity contribution is -0.143. The second-order valence-electron chi connectivity index (χ2n) is 8.46. The number of morpholine rings is 1. The smallest absolute Gasteiger partial charge is 0.263 e. The molecule has 2 aliphatic rings. The molecule has 0 aromatic heterocycles. The van der Waals surface area contributed by atoms with Crippen LogP contribution in [0.1, 0.15) is 49.4 Å². The molecule has 2 aromatic carbocycles. The van der Waals surface area contributed by atoms with Crippen LogP contribution in [0.3, 0.4) is 0 Å². The number of halogens is 1. The number of rotatable bonds is 6. The number of amides is 2. The van der Waals surface area contributed by atoms with Crippen LogP contribution < -0.4 is 4.74 Å². The summed E-state index contributed by atoms with van der Waals surface area (Å²) >= 11 is 0. The van der Waals surface area contributed by atoms with Gasteiger partial charge in [0.15, 0.2) is 6.10 Å². The van der Waals surface area contributed by atoms with Gasteiger partial charge in [0.1, 0.15) is 11.6 Å². The summed E-state index contributed by atoms with van der Waals surface area (Å²) in [5, 5.41) is 0. The van der Waals surface area contributed by atoms with Crippen LogP contribution in [0, 0.1) is 5.82 Å². The van der Waals surface area contributed by atoms with E-state index >= 15 is 0 Å². The zero-order chi connectivity index (χ0) is 23.4. The third-order valence-electron chi connectivity index (χ3n) is 6.38. The van der Waals surface area contributed by atoms with Gasteiger partial charge in [-0.05, 0) is 53.8 Å². The molecular formula is C26H31FN2O4. The van der Waals surface area contributed by atoms with E-state index in [-0.39, 0.29) is 17.6 Å². The van der Waals surface area contributed by atoms with Crippen LogP contribution in [0.25, 0.3) is 0 Å². The first-order valence-corrected chi connectivity index (χ1v) is 11.7. The second kappa shape index (κ2) is 10.3. The molecule has 6 nitrogen and oxygen atoms in total. The molecule has 2 atom stereocenters. The van der Waals surface area contributed by atoms with E-state index < -0.39 is 12.1 Å². The fourth-order valence-electron chi connectivity index (χ4n) is 4.63. The Morgan fingerprint density at radius 2 is 1.91 bits per heavy atom. The normalized spacial score (nSPS) is 19.1. The maximum atomic E-state index is 14.1. The molecule has 7 heteroatoms. The predicted molar refractivity (Wildman–Crippen MR) is 122 cm³/mol. The molecule has 0 spiro atoms. The molecule has 33 heavy (non-hydrogen) atoms. The molecule has 0 aliphatic carbocycles. The van der Waals surface area contributed by atoms with Crippen LogP contribution >= 0.6 is 0 Å². The number of carbonyl (C=O) groups excluding carboxylic acids is 2. The minimum Gasteiger partial charge on any atom is -0.481 e. The first-order valence-electron chi connectivity index (χ1n) is 11.7. The Hall–Kier alpha value is -2.93. The van der Waals surface area contributed by atoms with Gasteiger partial charge in [-0.15, -0.1) is 0 Å². The average molecular weight is 455 g/mol. The Morgan fingerprint density at radius 1 is 1.12 bits per heavy atom. The van der Waals surface area contributed by atoms with Crippen LogP contribution in [-0.2, 0) is 20.7 Å². The summed E-state index contributed by atoms with van der Waals surface area (Å²) in [6.45, 7) is 6.56. The van der Waals surface area contributed by atoms with E-state index in [2.05, 4.69) is 0 Å². The molecule has 2 aromatic rings. The summed E-state index contributed by atoms with van der Waals surface area (Å²) < 4.78 is 25.6. The Labute approximate surface area is 194 Å². The second-order valence-corrected chi connectivity index (χ2v) is 8.46. The van der Waals surface area contributed by atoms with E-state index in [1.165, 1.54) is 12.1 Å².